The molecule has 10 rings (SSSR count). The van der Waals surface area contributed by atoms with Crippen LogP contribution in [0.5, 0.6) is 0 Å². The van der Waals surface area contributed by atoms with E-state index in [0.717, 1.165) is 25.8 Å². The molecule has 1 aliphatic heterocycles. The maximum Gasteiger partial charge on any atom is 0.232 e. The number of aromatic nitrogens is 2. The molecule has 0 aliphatic carbocycles. The van der Waals surface area contributed by atoms with Gasteiger partial charge in [0.15, 0.2) is 12.4 Å². The quantitative estimate of drug-likeness (QED) is 0.108. The molecule has 3 heterocycles. The second kappa shape index (κ2) is 17.7. The summed E-state index contributed by atoms with van der Waals surface area (Å²) in [6, 6.07) is 70.2. The Morgan fingerprint density at radius 3 is 1.97 bits per heavy atom. The third kappa shape index (κ3) is 7.56. The van der Waals surface area contributed by atoms with Gasteiger partial charge in [0.1, 0.15) is 0 Å². The van der Waals surface area contributed by atoms with Crippen LogP contribution in [0.25, 0.3) is 77.8 Å². The molecule has 0 saturated heterocycles. The van der Waals surface area contributed by atoms with E-state index in [1.165, 1.54) is 107 Å². The van der Waals surface area contributed by atoms with Crippen molar-refractivity contribution in [1.82, 2.24) is 0 Å². The summed E-state index contributed by atoms with van der Waals surface area (Å²) in [4.78, 5) is 0. The normalized spacial score (nSPS) is 15.5. The molecule has 0 amide bonds. The van der Waals surface area contributed by atoms with Gasteiger partial charge in [-0.2, -0.15) is 9.13 Å². The zero-order valence-corrected chi connectivity index (χ0v) is 37.8. The molecule has 2 unspecified atom stereocenters. The van der Waals surface area contributed by atoms with Crippen molar-refractivity contribution < 1.29 is 9.13 Å². The fourth-order valence-corrected chi connectivity index (χ4v) is 10.8. The van der Waals surface area contributed by atoms with E-state index < -0.39 is 0 Å². The van der Waals surface area contributed by atoms with Crippen molar-refractivity contribution in [1.29, 1.82) is 0 Å². The summed E-state index contributed by atoms with van der Waals surface area (Å²) in [5.74, 6) is 0.366. The minimum atomic E-state index is -0.151. The van der Waals surface area contributed by atoms with Crippen LogP contribution in [0.4, 0.5) is 0 Å². The molecule has 0 saturated carbocycles. The average molecular weight is 831 g/mol. The van der Waals surface area contributed by atoms with Gasteiger partial charge in [-0.25, -0.2) is 0 Å². The first-order chi connectivity index (χ1) is 31.5. The van der Waals surface area contributed by atoms with Crippen LogP contribution in [0.15, 0.2) is 200 Å². The highest BCUT2D eigenvalue weighted by atomic mass is 15.1. The zero-order valence-electron chi connectivity index (χ0n) is 37.8. The van der Waals surface area contributed by atoms with Crippen molar-refractivity contribution in [2.45, 2.75) is 77.8 Å². The van der Waals surface area contributed by atoms with Gasteiger partial charge in [-0.05, 0) is 141 Å². The molecular weight excluding hydrogens is 773 g/mol. The third-order valence-electron chi connectivity index (χ3n) is 14.2. The molecule has 0 N–H and O–H groups in total. The van der Waals surface area contributed by atoms with Crippen molar-refractivity contribution in [3.63, 3.8) is 0 Å². The minimum absolute atomic E-state index is 0.151. The summed E-state index contributed by atoms with van der Waals surface area (Å²) >= 11 is 0. The Morgan fingerprint density at radius 2 is 1.14 bits per heavy atom. The Labute approximate surface area is 380 Å². The molecule has 2 heteroatoms. The van der Waals surface area contributed by atoms with Crippen molar-refractivity contribution in [3.05, 3.63) is 217 Å². The Morgan fingerprint density at radius 1 is 0.484 bits per heavy atom. The van der Waals surface area contributed by atoms with E-state index in [2.05, 4.69) is 237 Å². The van der Waals surface area contributed by atoms with Gasteiger partial charge >= 0.3 is 0 Å². The minimum Gasteiger partial charge on any atom is -0.191 e. The number of unbranched alkanes of at least 4 members (excludes halogenated alkanes) is 1. The van der Waals surface area contributed by atoms with Crippen LogP contribution >= 0.6 is 0 Å². The van der Waals surface area contributed by atoms with Gasteiger partial charge < -0.3 is 0 Å². The van der Waals surface area contributed by atoms with Crippen molar-refractivity contribution in [2.75, 3.05) is 0 Å². The molecule has 7 aromatic carbocycles. The average Bonchev–Trinajstić information content (AvgIpc) is 3.36. The first-order valence-electron chi connectivity index (χ1n) is 23.5. The monoisotopic (exact) mass is 830 g/mol. The highest BCUT2D eigenvalue weighted by molar-refractivity contribution is 5.98. The second-order valence-corrected chi connectivity index (χ2v) is 17.9. The van der Waals surface area contributed by atoms with Crippen molar-refractivity contribution in [2.24, 2.45) is 0 Å². The highest BCUT2D eigenvalue weighted by Gasteiger charge is 2.55. The van der Waals surface area contributed by atoms with Gasteiger partial charge in [0.25, 0.3) is 0 Å². The SMILES string of the molecule is CCCCc1cc[n+]2c(c1)-c1ccccc1C(CC)C2(CC)C[n+]1ccccc1-c1cc(-c2cccc(-c3cc(-c4ccccc4)cc(-c4cccc5ccccc45)c3)c2)ccc1C. The molecular formula is C62H58N2+2. The fraction of sp³-hybridized carbons (Fsp3) is 0.194. The number of aryl methyl sites for hydroxylation is 2. The first kappa shape index (κ1) is 41.1. The number of hydrogen-bond acceptors (Lipinski definition) is 0. The first-order valence-corrected chi connectivity index (χ1v) is 23.5. The Kier molecular flexibility index (Phi) is 11.4. The standard InChI is InChI=1S/C62H58N2/c1-5-8-20-45-34-36-64-61(37-45)57-29-15-14-28-56(57)59(6-2)62(64,7-3)43-63-35-17-16-31-60(63)58-42-50(33-32-44(58)4)48-25-18-26-49(38-48)52-39-51(46-21-10-9-11-22-46)40-53(41-52)55-30-19-24-47-23-12-13-27-54(47)55/h9-19,21-42,59H,5-8,20,43H2,1-4H3/q+2. The van der Waals surface area contributed by atoms with E-state index in [0.29, 0.717) is 5.92 Å². The van der Waals surface area contributed by atoms with E-state index in [1.54, 1.807) is 0 Å². The van der Waals surface area contributed by atoms with E-state index >= 15 is 0 Å². The Balaban J connectivity index is 1.05. The number of nitrogens with zero attached hydrogens (tertiary/aromatic N) is 2. The Bertz CT molecular complexity index is 3120. The lowest BCUT2D eigenvalue weighted by atomic mass is 9.70. The van der Waals surface area contributed by atoms with E-state index in [-0.39, 0.29) is 5.54 Å². The molecule has 0 bridgehead atoms. The fourth-order valence-electron chi connectivity index (χ4n) is 10.8. The molecule has 9 aromatic rings. The van der Waals surface area contributed by atoms with Crippen molar-refractivity contribution >= 4 is 10.8 Å². The lowest BCUT2D eigenvalue weighted by molar-refractivity contribution is -0.828. The van der Waals surface area contributed by atoms with Crippen LogP contribution in [0, 0.1) is 6.92 Å². The highest BCUT2D eigenvalue weighted by Crippen LogP contribution is 2.46. The third-order valence-corrected chi connectivity index (χ3v) is 14.2. The topological polar surface area (TPSA) is 7.76 Å². The molecule has 2 nitrogen and oxygen atoms in total. The predicted octanol–water partition coefficient (Wildman–Crippen LogP) is 15.4. The second-order valence-electron chi connectivity index (χ2n) is 17.9. The van der Waals surface area contributed by atoms with Crippen molar-refractivity contribution in [3.8, 4) is 67.0 Å². The largest absolute Gasteiger partial charge is 0.232 e. The number of hydrogen-bond donors (Lipinski definition) is 0. The van der Waals surface area contributed by atoms with Gasteiger partial charge in [0.05, 0.1) is 5.92 Å². The molecule has 0 fully saturated rings. The molecule has 0 spiro atoms. The number of rotatable bonds is 12. The van der Waals surface area contributed by atoms with Gasteiger partial charge in [0, 0.05) is 41.8 Å². The maximum atomic E-state index is 2.66. The Hall–Kier alpha value is -6.90. The molecule has 0 radical (unpaired) electrons. The zero-order chi connectivity index (χ0) is 43.6. The molecule has 1 aliphatic rings. The molecule has 314 valence electrons. The summed E-state index contributed by atoms with van der Waals surface area (Å²) in [5, 5.41) is 2.52. The summed E-state index contributed by atoms with van der Waals surface area (Å²) in [6.45, 7) is 10.2. The lowest BCUT2D eigenvalue weighted by Crippen LogP contribution is -2.68. The predicted molar refractivity (Wildman–Crippen MR) is 268 cm³/mol. The molecule has 64 heavy (non-hydrogen) atoms. The van der Waals surface area contributed by atoms with Crippen LogP contribution in [-0.2, 0) is 18.5 Å². The van der Waals surface area contributed by atoms with Crippen LogP contribution in [0.3, 0.4) is 0 Å². The summed E-state index contributed by atoms with van der Waals surface area (Å²) < 4.78 is 5.21. The lowest BCUT2D eigenvalue weighted by Gasteiger charge is -2.38. The van der Waals surface area contributed by atoms with Crippen LogP contribution in [-0.4, -0.2) is 0 Å². The summed E-state index contributed by atoms with van der Waals surface area (Å²) in [7, 11) is 0. The molecule has 2 atom stereocenters. The van der Waals surface area contributed by atoms with Crippen LogP contribution in [0.2, 0.25) is 0 Å². The number of benzene rings is 7. The van der Waals surface area contributed by atoms with Crippen LogP contribution < -0.4 is 9.13 Å². The number of fused-ring (bicyclic) bond motifs is 4. The van der Waals surface area contributed by atoms with Gasteiger partial charge in [-0.3, -0.25) is 0 Å². The van der Waals surface area contributed by atoms with Crippen LogP contribution in [0.1, 0.15) is 69.1 Å². The van der Waals surface area contributed by atoms with Gasteiger partial charge in [-0.1, -0.05) is 149 Å². The smallest absolute Gasteiger partial charge is 0.191 e. The van der Waals surface area contributed by atoms with E-state index in [9.17, 15) is 0 Å². The maximum absolute atomic E-state index is 2.66. The molecule has 2 aromatic heterocycles. The van der Waals surface area contributed by atoms with E-state index in [4.69, 9.17) is 0 Å². The summed E-state index contributed by atoms with van der Waals surface area (Å²) in [6.07, 6.45) is 10.4. The number of pyridine rings is 2. The summed E-state index contributed by atoms with van der Waals surface area (Å²) in [5.41, 5.74) is 19.0. The van der Waals surface area contributed by atoms with Gasteiger partial charge in [-0.15, -0.1) is 0 Å². The van der Waals surface area contributed by atoms with Gasteiger partial charge in [0.2, 0.25) is 23.5 Å². The van der Waals surface area contributed by atoms with E-state index in [1.807, 2.05) is 0 Å².